The smallest absolute Gasteiger partial charge is 0.251 e. The van der Waals surface area contributed by atoms with Crippen LogP contribution >= 0.6 is 0 Å². The molecule has 1 aliphatic heterocycles. The molecule has 1 N–H and O–H groups in total. The summed E-state index contributed by atoms with van der Waals surface area (Å²) in [6.45, 7) is 4.21. The van der Waals surface area contributed by atoms with Crippen LogP contribution in [0.5, 0.6) is 0 Å². The molecule has 6 nitrogen and oxygen atoms in total. The van der Waals surface area contributed by atoms with Gasteiger partial charge in [-0.3, -0.25) is 9.59 Å². The number of hydrogen-bond donors (Lipinski definition) is 1. The summed E-state index contributed by atoms with van der Waals surface area (Å²) in [4.78, 5) is 32.3. The van der Waals surface area contributed by atoms with Gasteiger partial charge in [-0.15, -0.1) is 0 Å². The molecule has 6 heteroatoms. The van der Waals surface area contributed by atoms with E-state index in [-0.39, 0.29) is 17.9 Å². The van der Waals surface area contributed by atoms with Gasteiger partial charge in [0.25, 0.3) is 5.91 Å². The van der Waals surface area contributed by atoms with E-state index >= 15 is 0 Å². The fourth-order valence-corrected chi connectivity index (χ4v) is 4.28. The van der Waals surface area contributed by atoms with E-state index in [2.05, 4.69) is 9.88 Å². The van der Waals surface area contributed by atoms with E-state index in [4.69, 9.17) is 4.98 Å². The van der Waals surface area contributed by atoms with Crippen LogP contribution in [-0.2, 0) is 11.3 Å². The quantitative estimate of drug-likeness (QED) is 0.648. The van der Waals surface area contributed by atoms with Crippen LogP contribution in [0.1, 0.15) is 61.3 Å². The zero-order valence-corrected chi connectivity index (χ0v) is 18.1. The predicted molar refractivity (Wildman–Crippen MR) is 122 cm³/mol. The second-order valence-corrected chi connectivity index (χ2v) is 8.22. The summed E-state index contributed by atoms with van der Waals surface area (Å²) in [7, 11) is 0. The Hall–Kier alpha value is -3.15. The van der Waals surface area contributed by atoms with Crippen molar-refractivity contribution in [2.24, 2.45) is 0 Å². The number of hydrogen-bond acceptors (Lipinski definition) is 3. The van der Waals surface area contributed by atoms with Gasteiger partial charge in [0.05, 0.1) is 17.1 Å². The largest absolute Gasteiger partial charge is 0.343 e. The standard InChI is InChI=1S/C25H30N4O2/c1-19(26-25(31)20-11-5-4-6-12-20)24-27-21-13-7-8-14-22(21)29(24)18-15-23(30)28-16-9-2-3-10-17-28/h4-8,11-14,19H,2-3,9-10,15-18H2,1H3,(H,26,31). The van der Waals surface area contributed by atoms with Crippen LogP contribution in [-0.4, -0.2) is 39.4 Å². The Morgan fingerprint density at radius 3 is 2.39 bits per heavy atom. The highest BCUT2D eigenvalue weighted by Gasteiger charge is 2.21. The zero-order valence-electron chi connectivity index (χ0n) is 18.1. The third kappa shape index (κ3) is 4.95. The molecule has 31 heavy (non-hydrogen) atoms. The molecule has 3 aromatic rings. The van der Waals surface area contributed by atoms with Crippen molar-refractivity contribution >= 4 is 22.8 Å². The maximum atomic E-state index is 12.8. The first-order chi connectivity index (χ1) is 15.1. The Morgan fingerprint density at radius 2 is 1.65 bits per heavy atom. The molecule has 0 aliphatic carbocycles. The molecule has 2 aromatic carbocycles. The number of imidazole rings is 1. The van der Waals surface area contributed by atoms with E-state index in [9.17, 15) is 9.59 Å². The van der Waals surface area contributed by atoms with Crippen LogP contribution in [0.3, 0.4) is 0 Å². The van der Waals surface area contributed by atoms with Gasteiger partial charge in [0.1, 0.15) is 5.82 Å². The molecule has 0 saturated carbocycles. The number of aryl methyl sites for hydroxylation is 1. The van der Waals surface area contributed by atoms with E-state index in [1.165, 1.54) is 12.8 Å². The van der Waals surface area contributed by atoms with Gasteiger partial charge in [0.15, 0.2) is 0 Å². The maximum Gasteiger partial charge on any atom is 0.251 e. The highest BCUT2D eigenvalue weighted by molar-refractivity contribution is 5.94. The number of fused-ring (bicyclic) bond motifs is 1. The van der Waals surface area contributed by atoms with E-state index in [0.29, 0.717) is 18.5 Å². The Balaban J connectivity index is 1.52. The fraction of sp³-hybridized carbons (Fsp3) is 0.400. The summed E-state index contributed by atoms with van der Waals surface area (Å²) in [6.07, 6.45) is 5.03. The monoisotopic (exact) mass is 418 g/mol. The number of rotatable bonds is 6. The van der Waals surface area contributed by atoms with Gasteiger partial charge < -0.3 is 14.8 Å². The molecule has 1 aromatic heterocycles. The van der Waals surface area contributed by atoms with E-state index < -0.39 is 0 Å². The summed E-state index contributed by atoms with van der Waals surface area (Å²) in [5.74, 6) is 0.841. The molecule has 1 unspecified atom stereocenters. The van der Waals surface area contributed by atoms with Gasteiger partial charge in [-0.2, -0.15) is 0 Å². The van der Waals surface area contributed by atoms with Crippen molar-refractivity contribution in [2.45, 2.75) is 51.6 Å². The summed E-state index contributed by atoms with van der Waals surface area (Å²) in [5.41, 5.74) is 2.48. The minimum absolute atomic E-state index is 0.132. The third-order valence-corrected chi connectivity index (χ3v) is 5.96. The van der Waals surface area contributed by atoms with Crippen LogP contribution in [0.4, 0.5) is 0 Å². The molecule has 0 bridgehead atoms. The number of carbonyl (C=O) groups is 2. The molecule has 4 rings (SSSR count). The molecule has 1 fully saturated rings. The van der Waals surface area contributed by atoms with Crippen molar-refractivity contribution in [3.05, 3.63) is 66.0 Å². The number of amides is 2. The fourth-order valence-electron chi connectivity index (χ4n) is 4.28. The summed E-state index contributed by atoms with van der Waals surface area (Å²) in [6, 6.07) is 16.8. The minimum Gasteiger partial charge on any atom is -0.343 e. The predicted octanol–water partition coefficient (Wildman–Crippen LogP) is 4.32. The Kier molecular flexibility index (Phi) is 6.65. The van der Waals surface area contributed by atoms with Crippen molar-refractivity contribution in [1.29, 1.82) is 0 Å². The second kappa shape index (κ2) is 9.77. The second-order valence-electron chi connectivity index (χ2n) is 8.22. The molecule has 2 amide bonds. The van der Waals surface area contributed by atoms with Crippen LogP contribution < -0.4 is 5.32 Å². The summed E-state index contributed by atoms with van der Waals surface area (Å²) >= 11 is 0. The summed E-state index contributed by atoms with van der Waals surface area (Å²) in [5, 5.41) is 3.06. The number of nitrogens with zero attached hydrogens (tertiary/aromatic N) is 3. The van der Waals surface area contributed by atoms with Crippen molar-refractivity contribution in [3.63, 3.8) is 0 Å². The Labute approximate surface area is 183 Å². The van der Waals surface area contributed by atoms with Gasteiger partial charge in [-0.1, -0.05) is 43.2 Å². The Morgan fingerprint density at radius 1 is 0.968 bits per heavy atom. The zero-order chi connectivity index (χ0) is 21.6. The van der Waals surface area contributed by atoms with Crippen molar-refractivity contribution < 1.29 is 9.59 Å². The number of likely N-dealkylation sites (tertiary alicyclic amines) is 1. The lowest BCUT2D eigenvalue weighted by molar-refractivity contribution is -0.131. The van der Waals surface area contributed by atoms with Gasteiger partial charge in [0.2, 0.25) is 5.91 Å². The average molecular weight is 419 g/mol. The number of aromatic nitrogens is 2. The highest BCUT2D eigenvalue weighted by atomic mass is 16.2. The molecular weight excluding hydrogens is 388 g/mol. The Bertz CT molecular complexity index is 1040. The molecule has 0 spiro atoms. The van der Waals surface area contributed by atoms with Crippen molar-refractivity contribution in [1.82, 2.24) is 19.8 Å². The lowest BCUT2D eigenvalue weighted by atomic mass is 10.2. The number of benzene rings is 2. The molecule has 1 atom stereocenters. The maximum absolute atomic E-state index is 12.8. The first kappa shape index (κ1) is 21.1. The number of nitrogens with one attached hydrogen (secondary N) is 1. The summed E-state index contributed by atoms with van der Waals surface area (Å²) < 4.78 is 2.08. The third-order valence-electron chi connectivity index (χ3n) is 5.96. The topological polar surface area (TPSA) is 67.2 Å². The molecule has 2 heterocycles. The van der Waals surface area contributed by atoms with E-state index in [1.54, 1.807) is 12.1 Å². The minimum atomic E-state index is -0.284. The van der Waals surface area contributed by atoms with Gasteiger partial charge in [-0.25, -0.2) is 4.98 Å². The molecule has 1 saturated heterocycles. The van der Waals surface area contributed by atoms with Crippen LogP contribution in [0, 0.1) is 0 Å². The number of para-hydroxylation sites is 2. The SMILES string of the molecule is CC(NC(=O)c1ccccc1)c1nc2ccccc2n1CCC(=O)N1CCCCCC1. The first-order valence-electron chi connectivity index (χ1n) is 11.2. The van der Waals surface area contributed by atoms with Crippen LogP contribution in [0.25, 0.3) is 11.0 Å². The van der Waals surface area contributed by atoms with E-state index in [1.807, 2.05) is 54.3 Å². The lowest BCUT2D eigenvalue weighted by Crippen LogP contribution is -2.33. The van der Waals surface area contributed by atoms with Gasteiger partial charge in [0, 0.05) is 31.6 Å². The molecule has 0 radical (unpaired) electrons. The van der Waals surface area contributed by atoms with Crippen molar-refractivity contribution in [2.75, 3.05) is 13.1 Å². The average Bonchev–Trinajstić information content (AvgIpc) is 2.96. The van der Waals surface area contributed by atoms with Crippen LogP contribution in [0.15, 0.2) is 54.6 Å². The molecule has 1 aliphatic rings. The van der Waals surface area contributed by atoms with Crippen LogP contribution in [0.2, 0.25) is 0 Å². The molecular formula is C25H30N4O2. The highest BCUT2D eigenvalue weighted by Crippen LogP contribution is 2.22. The van der Waals surface area contributed by atoms with Gasteiger partial charge in [-0.05, 0) is 44.0 Å². The van der Waals surface area contributed by atoms with Crippen molar-refractivity contribution in [3.8, 4) is 0 Å². The number of carbonyl (C=O) groups excluding carboxylic acids is 2. The van der Waals surface area contributed by atoms with Gasteiger partial charge >= 0.3 is 0 Å². The van der Waals surface area contributed by atoms with E-state index in [0.717, 1.165) is 42.8 Å². The normalized spacial score (nSPS) is 15.5. The molecule has 162 valence electrons. The lowest BCUT2D eigenvalue weighted by Gasteiger charge is -2.21. The first-order valence-corrected chi connectivity index (χ1v) is 11.2.